The van der Waals surface area contributed by atoms with E-state index >= 15 is 0 Å². The molecule has 2 saturated carbocycles. The maximum atomic E-state index is 12.6. The van der Waals surface area contributed by atoms with Crippen molar-refractivity contribution in [3.8, 4) is 11.1 Å². The van der Waals surface area contributed by atoms with Gasteiger partial charge in [0.15, 0.2) is 5.13 Å². The zero-order chi connectivity index (χ0) is 24.2. The molecule has 3 N–H and O–H groups in total. The number of nitrogens with one attached hydrogen (secondary N) is 2. The number of thiazole rings is 1. The quantitative estimate of drug-likeness (QED) is 0.470. The van der Waals surface area contributed by atoms with Crippen molar-refractivity contribution in [2.75, 3.05) is 11.9 Å². The van der Waals surface area contributed by atoms with E-state index in [2.05, 4.69) is 39.9 Å². The molecule has 0 radical (unpaired) electrons. The van der Waals surface area contributed by atoms with Gasteiger partial charge in [0.25, 0.3) is 5.91 Å². The average Bonchev–Trinajstić information content (AvgIpc) is 3.17. The van der Waals surface area contributed by atoms with E-state index in [1.165, 1.54) is 6.20 Å². The molecule has 0 aliphatic heterocycles. The molecule has 178 valence electrons. The van der Waals surface area contributed by atoms with E-state index in [1.54, 1.807) is 0 Å². The zero-order valence-electron chi connectivity index (χ0n) is 18.7. The Morgan fingerprint density at radius 1 is 1.06 bits per heavy atom. The Hall–Kier alpha value is -3.72. The first kappa shape index (κ1) is 21.8. The molecule has 8 nitrogen and oxygen atoms in total. The van der Waals surface area contributed by atoms with Crippen molar-refractivity contribution in [1.82, 2.24) is 10.3 Å². The summed E-state index contributed by atoms with van der Waals surface area (Å²) >= 11 is 1.05. The molecule has 0 spiro atoms. The number of nitrogens with zero attached hydrogens (tertiary/aromatic N) is 1. The number of carboxylic acids is 1. The van der Waals surface area contributed by atoms with Gasteiger partial charge in [-0.25, -0.2) is 9.78 Å². The van der Waals surface area contributed by atoms with Crippen LogP contribution < -0.4 is 10.6 Å². The Bertz CT molecular complexity index is 1310. The van der Waals surface area contributed by atoms with Gasteiger partial charge < -0.3 is 15.2 Å². The molecule has 2 fully saturated rings. The second-order valence-corrected chi connectivity index (χ2v) is 10.5. The predicted octanol–water partition coefficient (Wildman–Crippen LogP) is 4.49. The summed E-state index contributed by atoms with van der Waals surface area (Å²) in [5, 5.41) is 15.2. The number of hydrogen-bond acceptors (Lipinski definition) is 6. The monoisotopic (exact) mass is 489 g/mol. The fourth-order valence-corrected chi connectivity index (χ4v) is 6.39. The number of hydrogen-bond donors (Lipinski definition) is 3. The number of aromatic nitrogens is 1. The number of anilines is 1. The van der Waals surface area contributed by atoms with Crippen molar-refractivity contribution in [2.45, 2.75) is 31.2 Å². The summed E-state index contributed by atoms with van der Waals surface area (Å²) in [7, 11) is 0. The molecule has 1 aromatic heterocycles. The van der Waals surface area contributed by atoms with Gasteiger partial charge in [-0.2, -0.15) is 0 Å². The van der Waals surface area contributed by atoms with Crippen LogP contribution in [0.3, 0.4) is 0 Å². The third-order valence-corrected chi connectivity index (χ3v) is 8.37. The highest BCUT2D eigenvalue weighted by Gasteiger charge is 2.65. The fraction of sp³-hybridized carbons (Fsp3) is 0.308. The van der Waals surface area contributed by atoms with Gasteiger partial charge in [-0.1, -0.05) is 59.9 Å². The molecule has 3 atom stereocenters. The van der Waals surface area contributed by atoms with Crippen LogP contribution in [-0.4, -0.2) is 40.7 Å². The summed E-state index contributed by atoms with van der Waals surface area (Å²) in [6.07, 6.45) is 2.61. The molecule has 35 heavy (non-hydrogen) atoms. The van der Waals surface area contributed by atoms with Gasteiger partial charge >= 0.3 is 12.1 Å². The van der Waals surface area contributed by atoms with E-state index in [1.807, 2.05) is 24.3 Å². The minimum absolute atomic E-state index is 0.0440. The smallest absolute Gasteiger partial charge is 0.413 e. The van der Waals surface area contributed by atoms with Crippen LogP contribution in [0.2, 0.25) is 0 Å². The number of carboxylic acid groups (broad SMARTS) is 1. The maximum absolute atomic E-state index is 12.6. The number of carbonyl (C=O) groups excluding carboxylic acids is 2. The number of ether oxygens (including phenoxy) is 1. The predicted molar refractivity (Wildman–Crippen MR) is 129 cm³/mol. The molecule has 3 aliphatic carbocycles. The maximum Gasteiger partial charge on any atom is 0.413 e. The van der Waals surface area contributed by atoms with Crippen LogP contribution in [0.1, 0.15) is 46.0 Å². The lowest BCUT2D eigenvalue weighted by Gasteiger charge is -2.15. The summed E-state index contributed by atoms with van der Waals surface area (Å²) in [5.41, 5.74) is 3.92. The van der Waals surface area contributed by atoms with E-state index < -0.39 is 17.5 Å². The Morgan fingerprint density at radius 3 is 2.40 bits per heavy atom. The molecular formula is C26H23N3O5S. The van der Waals surface area contributed by atoms with Crippen LogP contribution in [0.15, 0.2) is 54.7 Å². The second kappa shape index (κ2) is 8.20. The summed E-state index contributed by atoms with van der Waals surface area (Å²) in [4.78, 5) is 41.0. The van der Waals surface area contributed by atoms with E-state index in [-0.39, 0.29) is 35.5 Å². The van der Waals surface area contributed by atoms with Gasteiger partial charge in [0.05, 0.1) is 11.6 Å². The Labute approximate surface area is 205 Å². The van der Waals surface area contributed by atoms with Crippen molar-refractivity contribution in [3.05, 3.63) is 70.7 Å². The van der Waals surface area contributed by atoms with Crippen molar-refractivity contribution in [1.29, 1.82) is 0 Å². The Kier molecular flexibility index (Phi) is 5.10. The van der Waals surface area contributed by atoms with Gasteiger partial charge in [-0.05, 0) is 47.4 Å². The van der Waals surface area contributed by atoms with Crippen LogP contribution in [0.4, 0.5) is 9.93 Å². The van der Waals surface area contributed by atoms with Crippen LogP contribution in [0, 0.1) is 11.3 Å². The van der Waals surface area contributed by atoms with Crippen LogP contribution in [-0.2, 0) is 9.53 Å². The van der Waals surface area contributed by atoms with Crippen LogP contribution in [0.25, 0.3) is 11.1 Å². The zero-order valence-corrected chi connectivity index (χ0v) is 19.5. The van der Waals surface area contributed by atoms with Crippen LogP contribution >= 0.6 is 11.3 Å². The largest absolute Gasteiger partial charge is 0.481 e. The number of amides is 2. The molecule has 0 unspecified atom stereocenters. The third-order valence-electron chi connectivity index (χ3n) is 7.45. The van der Waals surface area contributed by atoms with Crippen molar-refractivity contribution in [3.63, 3.8) is 0 Å². The molecule has 9 heteroatoms. The number of benzene rings is 2. The van der Waals surface area contributed by atoms with E-state index in [9.17, 15) is 19.5 Å². The molecule has 3 aliphatic rings. The minimum atomic E-state index is -0.772. The Morgan fingerprint density at radius 2 is 1.74 bits per heavy atom. The first-order valence-electron chi connectivity index (χ1n) is 11.6. The number of fused-ring (bicyclic) bond motifs is 4. The minimum Gasteiger partial charge on any atom is -0.481 e. The Balaban J connectivity index is 1.05. The highest BCUT2D eigenvalue weighted by atomic mass is 32.1. The van der Waals surface area contributed by atoms with E-state index in [0.717, 1.165) is 33.6 Å². The topological polar surface area (TPSA) is 118 Å². The number of carbonyl (C=O) groups is 3. The number of aliphatic carboxylic acids is 1. The van der Waals surface area contributed by atoms with E-state index in [4.69, 9.17) is 4.74 Å². The van der Waals surface area contributed by atoms with E-state index in [0.29, 0.717) is 24.1 Å². The van der Waals surface area contributed by atoms with Gasteiger partial charge in [-0.15, -0.1) is 0 Å². The second-order valence-electron chi connectivity index (χ2n) is 9.45. The normalized spacial score (nSPS) is 23.7. The van der Waals surface area contributed by atoms with Crippen molar-refractivity contribution < 1.29 is 24.2 Å². The summed E-state index contributed by atoms with van der Waals surface area (Å²) < 4.78 is 5.53. The van der Waals surface area contributed by atoms with Gasteiger partial charge in [0, 0.05) is 12.0 Å². The molecule has 3 aromatic rings. The van der Waals surface area contributed by atoms with Crippen molar-refractivity contribution in [2.24, 2.45) is 11.3 Å². The van der Waals surface area contributed by atoms with Gasteiger partial charge in [0.1, 0.15) is 11.5 Å². The molecule has 1 heterocycles. The molecule has 0 bridgehead atoms. The SMILES string of the molecule is O=C(Nc1ncc(C(=O)N[C@@H]2C[C@H]3C[C@@]3(C(=O)O)C2)s1)OCC1c2ccccc2-c2ccccc21. The summed E-state index contributed by atoms with van der Waals surface area (Å²) in [6.45, 7) is 0.187. The standard InChI is InChI=1S/C26H23N3O5S/c30-22(28-15-9-14-10-26(14,11-15)23(31)32)21-12-27-24(35-21)29-25(33)34-13-20-18-7-3-1-5-16(18)17-6-2-4-8-19(17)20/h1-8,12,14-15,20H,9-11,13H2,(H,28,30)(H,31,32)(H,27,29,33)/t14-,15+,26+/m0/s1. The highest BCUT2D eigenvalue weighted by Crippen LogP contribution is 2.63. The highest BCUT2D eigenvalue weighted by molar-refractivity contribution is 7.17. The molecule has 0 saturated heterocycles. The van der Waals surface area contributed by atoms with Crippen molar-refractivity contribution >= 4 is 34.4 Å². The lowest BCUT2D eigenvalue weighted by atomic mass is 9.98. The first-order chi connectivity index (χ1) is 16.9. The average molecular weight is 490 g/mol. The lowest BCUT2D eigenvalue weighted by Crippen LogP contribution is -2.34. The first-order valence-corrected chi connectivity index (χ1v) is 12.4. The van der Waals surface area contributed by atoms with Crippen LogP contribution in [0.5, 0.6) is 0 Å². The lowest BCUT2D eigenvalue weighted by molar-refractivity contribution is -0.143. The van der Waals surface area contributed by atoms with Gasteiger partial charge in [-0.3, -0.25) is 14.9 Å². The summed E-state index contributed by atoms with van der Waals surface area (Å²) in [5.74, 6) is -0.975. The summed E-state index contributed by atoms with van der Waals surface area (Å²) in [6, 6.07) is 16.1. The number of rotatable bonds is 6. The molecule has 2 aromatic carbocycles. The molecule has 6 rings (SSSR count). The molecular weight excluding hydrogens is 466 g/mol. The third kappa shape index (κ3) is 3.76. The molecule has 2 amide bonds. The fourth-order valence-electron chi connectivity index (χ4n) is 5.68. The van der Waals surface area contributed by atoms with Gasteiger partial charge in [0.2, 0.25) is 0 Å².